The van der Waals surface area contributed by atoms with Gasteiger partial charge in [-0.1, -0.05) is 6.07 Å². The summed E-state index contributed by atoms with van der Waals surface area (Å²) in [5.41, 5.74) is 7.39. The Kier molecular flexibility index (Phi) is 3.86. The van der Waals surface area contributed by atoms with Gasteiger partial charge < -0.3 is 9.88 Å². The van der Waals surface area contributed by atoms with Crippen molar-refractivity contribution >= 4 is 22.5 Å². The highest BCUT2D eigenvalue weighted by Crippen LogP contribution is 2.70. The van der Waals surface area contributed by atoms with Crippen molar-refractivity contribution in [1.29, 1.82) is 0 Å². The van der Waals surface area contributed by atoms with E-state index in [4.69, 9.17) is 9.97 Å². The summed E-state index contributed by atoms with van der Waals surface area (Å²) in [6.07, 6.45) is 8.92. The van der Waals surface area contributed by atoms with Gasteiger partial charge >= 0.3 is 0 Å². The number of hydrogen-bond acceptors (Lipinski definition) is 5. The lowest BCUT2D eigenvalue weighted by Gasteiger charge is -2.47. The van der Waals surface area contributed by atoms with Gasteiger partial charge in [0.1, 0.15) is 17.5 Å². The van der Waals surface area contributed by atoms with E-state index in [0.29, 0.717) is 5.41 Å². The van der Waals surface area contributed by atoms with Gasteiger partial charge in [0.15, 0.2) is 0 Å². The molecule has 0 unspecified atom stereocenters. The summed E-state index contributed by atoms with van der Waals surface area (Å²) in [4.78, 5) is 25.3. The van der Waals surface area contributed by atoms with Crippen LogP contribution in [-0.4, -0.2) is 31.5 Å². The van der Waals surface area contributed by atoms with Crippen LogP contribution in [0.5, 0.6) is 0 Å². The molecule has 7 rings (SSSR count). The first-order valence-electron chi connectivity index (χ1n) is 12.1. The zero-order valence-corrected chi connectivity index (χ0v) is 19.2. The van der Waals surface area contributed by atoms with E-state index in [-0.39, 0.29) is 5.41 Å². The van der Waals surface area contributed by atoms with Crippen LogP contribution in [-0.2, 0) is 11.8 Å². The third-order valence-electron chi connectivity index (χ3n) is 7.97. The second-order valence-electron chi connectivity index (χ2n) is 10.4. The molecular weight excluding hydrogens is 408 g/mol. The van der Waals surface area contributed by atoms with E-state index in [2.05, 4.69) is 57.1 Å². The van der Waals surface area contributed by atoms with Crippen molar-refractivity contribution in [1.82, 2.24) is 24.9 Å². The zero-order valence-electron chi connectivity index (χ0n) is 19.2. The van der Waals surface area contributed by atoms with Crippen LogP contribution in [0.4, 0.5) is 11.5 Å². The van der Waals surface area contributed by atoms with Gasteiger partial charge in [0.25, 0.3) is 0 Å². The molecule has 2 fully saturated rings. The predicted octanol–water partition coefficient (Wildman–Crippen LogP) is 5.31. The summed E-state index contributed by atoms with van der Waals surface area (Å²) in [7, 11) is 0. The smallest absolute Gasteiger partial charge is 0.136 e. The summed E-state index contributed by atoms with van der Waals surface area (Å²) in [6, 6.07) is 13.0. The highest BCUT2D eigenvalue weighted by atomic mass is 15.2. The number of imidazole rings is 1. The topological polar surface area (TPSA) is 70.6 Å². The molecule has 3 aromatic heterocycles. The largest absolute Gasteiger partial charge is 0.341 e. The van der Waals surface area contributed by atoms with Gasteiger partial charge in [0.2, 0.25) is 0 Å². The third-order valence-corrected chi connectivity index (χ3v) is 7.97. The highest BCUT2D eigenvalue weighted by Gasteiger charge is 2.64. The maximum Gasteiger partial charge on any atom is 0.136 e. The van der Waals surface area contributed by atoms with Crippen molar-refractivity contribution < 1.29 is 0 Å². The lowest BCUT2D eigenvalue weighted by Crippen LogP contribution is -2.45. The molecule has 4 heterocycles. The lowest BCUT2D eigenvalue weighted by molar-refractivity contribution is 0.145. The van der Waals surface area contributed by atoms with Crippen molar-refractivity contribution in [2.24, 2.45) is 5.41 Å². The van der Waals surface area contributed by atoms with Crippen molar-refractivity contribution in [2.75, 3.05) is 11.4 Å². The molecular formula is C27H28N6. The fraction of sp³-hybridized carbons (Fsp3) is 0.407. The number of aromatic nitrogens is 5. The second kappa shape index (κ2) is 6.62. The Morgan fingerprint density at radius 1 is 0.970 bits per heavy atom. The third kappa shape index (κ3) is 2.93. The van der Waals surface area contributed by atoms with Crippen molar-refractivity contribution in [3.05, 3.63) is 71.2 Å². The van der Waals surface area contributed by atoms with Gasteiger partial charge in [-0.3, -0.25) is 4.98 Å². The van der Waals surface area contributed by atoms with E-state index < -0.39 is 0 Å². The molecule has 1 aromatic carbocycles. The van der Waals surface area contributed by atoms with Crippen LogP contribution in [0, 0.1) is 19.3 Å². The molecule has 0 bridgehead atoms. The number of pyridine rings is 1. The summed E-state index contributed by atoms with van der Waals surface area (Å²) in [5.74, 6) is 2.85. The SMILES string of the molecule is Cc1ccc2nc(C3(c4ccc5c(n4)CCCN5c4ccnc(C)n4)CC4(CC4)C3)[nH]c2c1. The standard InChI is InChI=1S/C27H28N6/c1-17-5-6-19-21(14-17)32-25(31-19)27(15-26(16-27)10-11-26)23-8-7-22-20(30-23)4-3-13-33(22)24-9-12-28-18(2)29-24/h5-9,12,14H,3-4,10-11,13,15-16H2,1-2H3,(H,31,32). The van der Waals surface area contributed by atoms with Gasteiger partial charge in [-0.05, 0) is 93.7 Å². The van der Waals surface area contributed by atoms with Gasteiger partial charge in [-0.2, -0.15) is 0 Å². The molecule has 166 valence electrons. The molecule has 2 aliphatic carbocycles. The van der Waals surface area contributed by atoms with Gasteiger partial charge in [-0.25, -0.2) is 15.0 Å². The molecule has 1 spiro atoms. The van der Waals surface area contributed by atoms with Crippen molar-refractivity contribution in [3.63, 3.8) is 0 Å². The van der Waals surface area contributed by atoms with E-state index in [1.54, 1.807) is 0 Å². The van der Waals surface area contributed by atoms with Crippen molar-refractivity contribution in [3.8, 4) is 0 Å². The maximum atomic E-state index is 5.32. The normalized spacial score (nSPS) is 20.0. The molecule has 2 saturated carbocycles. The number of fused-ring (bicyclic) bond motifs is 2. The highest BCUT2D eigenvalue weighted by molar-refractivity contribution is 5.76. The number of nitrogens with zero attached hydrogens (tertiary/aromatic N) is 5. The van der Waals surface area contributed by atoms with Crippen LogP contribution >= 0.6 is 0 Å². The van der Waals surface area contributed by atoms with Crippen LogP contribution in [0.3, 0.4) is 0 Å². The van der Waals surface area contributed by atoms with Crippen LogP contribution in [0.15, 0.2) is 42.6 Å². The molecule has 33 heavy (non-hydrogen) atoms. The average Bonchev–Trinajstić information content (AvgIpc) is 3.48. The molecule has 0 amide bonds. The number of rotatable bonds is 3. The minimum absolute atomic E-state index is 0.105. The number of aryl methyl sites for hydroxylation is 3. The Hall–Kier alpha value is -3.28. The zero-order chi connectivity index (χ0) is 22.2. The van der Waals surface area contributed by atoms with Crippen molar-refractivity contribution in [2.45, 2.75) is 57.8 Å². The summed E-state index contributed by atoms with van der Waals surface area (Å²) < 4.78 is 0. The van der Waals surface area contributed by atoms with Crippen LogP contribution in [0.2, 0.25) is 0 Å². The number of hydrogen-bond donors (Lipinski definition) is 1. The first-order valence-corrected chi connectivity index (χ1v) is 12.1. The Labute approximate surface area is 193 Å². The monoisotopic (exact) mass is 436 g/mol. The van der Waals surface area contributed by atoms with E-state index in [1.165, 1.54) is 35.5 Å². The fourth-order valence-corrected chi connectivity index (χ4v) is 6.13. The van der Waals surface area contributed by atoms with Crippen LogP contribution in [0.1, 0.15) is 60.7 Å². The summed E-state index contributed by atoms with van der Waals surface area (Å²) in [6.45, 7) is 5.04. The van der Waals surface area contributed by atoms with Crippen LogP contribution in [0.25, 0.3) is 11.0 Å². The molecule has 0 saturated heterocycles. The molecule has 4 aromatic rings. The number of nitrogens with one attached hydrogen (secondary N) is 1. The Morgan fingerprint density at radius 2 is 1.85 bits per heavy atom. The summed E-state index contributed by atoms with van der Waals surface area (Å²) >= 11 is 0. The second-order valence-corrected chi connectivity index (χ2v) is 10.4. The van der Waals surface area contributed by atoms with Gasteiger partial charge in [-0.15, -0.1) is 0 Å². The molecule has 0 radical (unpaired) electrons. The Morgan fingerprint density at radius 3 is 2.67 bits per heavy atom. The Bertz CT molecular complexity index is 1390. The predicted molar refractivity (Wildman–Crippen MR) is 129 cm³/mol. The lowest BCUT2D eigenvalue weighted by atomic mass is 9.57. The summed E-state index contributed by atoms with van der Waals surface area (Å²) in [5, 5.41) is 0. The number of aromatic amines is 1. The first kappa shape index (κ1) is 19.2. The fourth-order valence-electron chi connectivity index (χ4n) is 6.13. The van der Waals surface area contributed by atoms with Gasteiger partial charge in [0.05, 0.1) is 33.5 Å². The molecule has 6 nitrogen and oxygen atoms in total. The molecule has 0 atom stereocenters. The minimum atomic E-state index is -0.105. The maximum absolute atomic E-state index is 5.32. The average molecular weight is 437 g/mol. The number of H-pyrrole nitrogens is 1. The Balaban J connectivity index is 1.32. The number of benzene rings is 1. The van der Waals surface area contributed by atoms with E-state index in [1.807, 2.05) is 19.2 Å². The first-order chi connectivity index (χ1) is 16.0. The number of anilines is 2. The van der Waals surface area contributed by atoms with Gasteiger partial charge in [0, 0.05) is 12.7 Å². The van der Waals surface area contributed by atoms with E-state index in [0.717, 1.165) is 60.7 Å². The van der Waals surface area contributed by atoms with Crippen LogP contribution < -0.4 is 4.90 Å². The quantitative estimate of drug-likeness (QED) is 0.471. The molecule has 1 aliphatic heterocycles. The van der Waals surface area contributed by atoms with E-state index >= 15 is 0 Å². The van der Waals surface area contributed by atoms with E-state index in [9.17, 15) is 0 Å². The molecule has 3 aliphatic rings. The molecule has 6 heteroatoms. The molecule has 1 N–H and O–H groups in total. The minimum Gasteiger partial charge on any atom is -0.341 e.